The lowest BCUT2D eigenvalue weighted by molar-refractivity contribution is -0.129. The molecule has 1 aliphatic rings. The molecular formula is C19H27N5O3. The van der Waals surface area contributed by atoms with E-state index < -0.39 is 5.91 Å². The third kappa shape index (κ3) is 5.56. The van der Waals surface area contributed by atoms with Crippen molar-refractivity contribution in [2.24, 2.45) is 5.92 Å². The van der Waals surface area contributed by atoms with Crippen molar-refractivity contribution in [2.45, 2.75) is 70.6 Å². The maximum absolute atomic E-state index is 11.7. The van der Waals surface area contributed by atoms with E-state index in [1.54, 1.807) is 11.5 Å². The Morgan fingerprint density at radius 3 is 2.81 bits per heavy atom. The van der Waals surface area contributed by atoms with Crippen LogP contribution in [0.25, 0.3) is 11.5 Å². The normalized spacial score (nSPS) is 16.2. The summed E-state index contributed by atoms with van der Waals surface area (Å²) in [6, 6.07) is 3.62. The van der Waals surface area contributed by atoms with Gasteiger partial charge in [0.05, 0.1) is 5.69 Å². The lowest BCUT2D eigenvalue weighted by Gasteiger charge is -2.22. The summed E-state index contributed by atoms with van der Waals surface area (Å²) in [5.41, 5.74) is 3.04. The average Bonchev–Trinajstić information content (AvgIpc) is 3.18. The first-order valence-corrected chi connectivity index (χ1v) is 9.73. The Labute approximate surface area is 158 Å². The van der Waals surface area contributed by atoms with Crippen LogP contribution in [-0.2, 0) is 4.79 Å². The van der Waals surface area contributed by atoms with E-state index in [9.17, 15) is 4.79 Å². The third-order valence-corrected chi connectivity index (χ3v) is 5.26. The highest BCUT2D eigenvalue weighted by atomic mass is 16.5. The first-order chi connectivity index (χ1) is 13.2. The Balaban J connectivity index is 1.64. The van der Waals surface area contributed by atoms with Gasteiger partial charge in [-0.1, -0.05) is 50.1 Å². The topological polar surface area (TPSA) is 114 Å². The van der Waals surface area contributed by atoms with Gasteiger partial charge in [0, 0.05) is 12.3 Å². The second-order valence-corrected chi connectivity index (χ2v) is 7.39. The second-order valence-electron chi connectivity index (χ2n) is 7.39. The van der Waals surface area contributed by atoms with E-state index in [-0.39, 0.29) is 12.3 Å². The zero-order valence-corrected chi connectivity index (χ0v) is 15.7. The molecule has 1 atom stereocenters. The van der Waals surface area contributed by atoms with E-state index in [0.717, 1.165) is 30.9 Å². The van der Waals surface area contributed by atoms with Crippen LogP contribution in [0.1, 0.15) is 75.3 Å². The Morgan fingerprint density at radius 2 is 2.11 bits per heavy atom. The maximum Gasteiger partial charge on any atom is 0.244 e. The van der Waals surface area contributed by atoms with Crippen molar-refractivity contribution >= 4 is 5.91 Å². The van der Waals surface area contributed by atoms with Crippen molar-refractivity contribution in [1.82, 2.24) is 25.8 Å². The Kier molecular flexibility index (Phi) is 6.86. The molecule has 146 valence electrons. The number of nitrogens with one attached hydrogen (secondary N) is 1. The van der Waals surface area contributed by atoms with Crippen molar-refractivity contribution in [3.05, 3.63) is 23.7 Å². The van der Waals surface area contributed by atoms with Gasteiger partial charge in [-0.05, 0) is 31.4 Å². The predicted molar refractivity (Wildman–Crippen MR) is 97.8 cm³/mol. The monoisotopic (exact) mass is 373 g/mol. The molecule has 2 N–H and O–H groups in total. The molecule has 1 aliphatic carbocycles. The van der Waals surface area contributed by atoms with Gasteiger partial charge >= 0.3 is 0 Å². The zero-order chi connectivity index (χ0) is 19.1. The highest BCUT2D eigenvalue weighted by Crippen LogP contribution is 2.31. The summed E-state index contributed by atoms with van der Waals surface area (Å²) in [6.45, 7) is 1.86. The Hall–Kier alpha value is -2.35. The fourth-order valence-electron chi connectivity index (χ4n) is 3.73. The molecule has 0 spiro atoms. The summed E-state index contributed by atoms with van der Waals surface area (Å²) < 4.78 is 5.41. The van der Waals surface area contributed by atoms with E-state index in [1.165, 1.54) is 32.1 Å². The number of amides is 1. The van der Waals surface area contributed by atoms with E-state index in [4.69, 9.17) is 9.73 Å². The summed E-state index contributed by atoms with van der Waals surface area (Å²) >= 11 is 0. The van der Waals surface area contributed by atoms with Crippen molar-refractivity contribution in [1.29, 1.82) is 0 Å². The highest BCUT2D eigenvalue weighted by molar-refractivity contribution is 5.75. The van der Waals surface area contributed by atoms with E-state index in [0.29, 0.717) is 17.4 Å². The molecule has 2 heterocycles. The molecule has 2 aromatic rings. The summed E-state index contributed by atoms with van der Waals surface area (Å²) in [4.78, 5) is 16.1. The first kappa shape index (κ1) is 19.4. The number of aromatic nitrogens is 4. The van der Waals surface area contributed by atoms with E-state index in [2.05, 4.69) is 20.3 Å². The number of rotatable bonds is 8. The fraction of sp³-hybridized carbons (Fsp3) is 0.632. The molecule has 0 unspecified atom stereocenters. The molecule has 0 radical (unpaired) electrons. The van der Waals surface area contributed by atoms with Gasteiger partial charge in [-0.25, -0.2) is 5.48 Å². The Morgan fingerprint density at radius 1 is 1.30 bits per heavy atom. The number of hydroxylamine groups is 1. The van der Waals surface area contributed by atoms with Gasteiger partial charge in [0.2, 0.25) is 17.6 Å². The van der Waals surface area contributed by atoms with Gasteiger partial charge in [0.25, 0.3) is 0 Å². The molecule has 0 saturated heterocycles. The quantitative estimate of drug-likeness (QED) is 0.537. The molecule has 3 rings (SSSR count). The van der Waals surface area contributed by atoms with Crippen LogP contribution in [0.15, 0.2) is 16.7 Å². The zero-order valence-electron chi connectivity index (χ0n) is 15.7. The van der Waals surface area contributed by atoms with Gasteiger partial charge in [0.1, 0.15) is 5.69 Å². The van der Waals surface area contributed by atoms with Gasteiger partial charge in [-0.15, -0.1) is 5.10 Å². The maximum atomic E-state index is 11.7. The molecule has 2 aromatic heterocycles. The van der Waals surface area contributed by atoms with Gasteiger partial charge in [-0.3, -0.25) is 10.0 Å². The van der Waals surface area contributed by atoms with Crippen LogP contribution in [0.4, 0.5) is 0 Å². The summed E-state index contributed by atoms with van der Waals surface area (Å²) in [5.74, 6) is 0.874. The molecule has 1 amide bonds. The van der Waals surface area contributed by atoms with Crippen LogP contribution in [0.5, 0.6) is 0 Å². The molecule has 0 aromatic carbocycles. The van der Waals surface area contributed by atoms with Crippen LogP contribution in [0.2, 0.25) is 0 Å². The lowest BCUT2D eigenvalue weighted by atomic mass is 9.84. The minimum absolute atomic E-state index is 0.113. The standard InChI is InChI=1S/C19H27N5O3/c1-13-10-11-16(22-21-13)18-20-19(27-24-18)15(12-17(25)23-26)9-5-8-14-6-3-2-4-7-14/h10-11,14-15,26H,2-9,12H2,1H3,(H,23,25)/t15-/m0/s1. The lowest BCUT2D eigenvalue weighted by Crippen LogP contribution is -2.21. The second kappa shape index (κ2) is 9.55. The number of carbonyl (C=O) groups excluding carboxylic acids is 1. The van der Waals surface area contributed by atoms with Gasteiger partial charge in [0.15, 0.2) is 0 Å². The molecule has 1 saturated carbocycles. The van der Waals surface area contributed by atoms with E-state index in [1.807, 2.05) is 13.0 Å². The number of hydrogen-bond acceptors (Lipinski definition) is 7. The SMILES string of the molecule is Cc1ccc(-c2noc([C@@H](CCCC3CCCCC3)CC(=O)NO)n2)nn1. The average molecular weight is 373 g/mol. The number of carbonyl (C=O) groups is 1. The molecular weight excluding hydrogens is 346 g/mol. The molecule has 1 fully saturated rings. The summed E-state index contributed by atoms with van der Waals surface area (Å²) in [5, 5.41) is 20.9. The smallest absolute Gasteiger partial charge is 0.244 e. The van der Waals surface area contributed by atoms with Gasteiger partial charge < -0.3 is 4.52 Å². The molecule has 0 bridgehead atoms. The van der Waals surface area contributed by atoms with Crippen LogP contribution in [-0.4, -0.2) is 31.5 Å². The van der Waals surface area contributed by atoms with Gasteiger partial charge in [-0.2, -0.15) is 10.1 Å². The van der Waals surface area contributed by atoms with Crippen molar-refractivity contribution in [3.8, 4) is 11.5 Å². The number of aryl methyl sites for hydroxylation is 1. The number of hydrogen-bond donors (Lipinski definition) is 2. The first-order valence-electron chi connectivity index (χ1n) is 9.73. The molecule has 8 nitrogen and oxygen atoms in total. The highest BCUT2D eigenvalue weighted by Gasteiger charge is 2.24. The fourth-order valence-corrected chi connectivity index (χ4v) is 3.73. The van der Waals surface area contributed by atoms with Crippen LogP contribution < -0.4 is 5.48 Å². The summed E-state index contributed by atoms with van der Waals surface area (Å²) in [6.07, 6.45) is 9.64. The minimum Gasteiger partial charge on any atom is -0.339 e. The number of nitrogens with zero attached hydrogens (tertiary/aromatic N) is 4. The largest absolute Gasteiger partial charge is 0.339 e. The van der Waals surface area contributed by atoms with Crippen LogP contribution >= 0.6 is 0 Å². The van der Waals surface area contributed by atoms with Crippen LogP contribution in [0.3, 0.4) is 0 Å². The molecule has 0 aliphatic heterocycles. The molecule has 27 heavy (non-hydrogen) atoms. The summed E-state index contributed by atoms with van der Waals surface area (Å²) in [7, 11) is 0. The molecule has 8 heteroatoms. The van der Waals surface area contributed by atoms with E-state index >= 15 is 0 Å². The third-order valence-electron chi connectivity index (χ3n) is 5.26. The van der Waals surface area contributed by atoms with Crippen LogP contribution in [0, 0.1) is 12.8 Å². The van der Waals surface area contributed by atoms with Crippen molar-refractivity contribution in [2.75, 3.05) is 0 Å². The minimum atomic E-state index is -0.451. The Bertz CT molecular complexity index is 725. The van der Waals surface area contributed by atoms with Crippen molar-refractivity contribution < 1.29 is 14.5 Å². The predicted octanol–water partition coefficient (Wildman–Crippen LogP) is 3.56. The van der Waals surface area contributed by atoms with Crippen molar-refractivity contribution in [3.63, 3.8) is 0 Å².